The summed E-state index contributed by atoms with van der Waals surface area (Å²) in [7, 11) is 0. The van der Waals surface area contributed by atoms with E-state index in [2.05, 4.69) is 15.2 Å². The molecule has 2 N–H and O–H groups in total. The van der Waals surface area contributed by atoms with Gasteiger partial charge in [-0.25, -0.2) is 4.98 Å². The van der Waals surface area contributed by atoms with Crippen LogP contribution in [0.4, 0.5) is 11.8 Å². The number of carbonyl (C=O) groups excluding carboxylic acids is 1. The number of amides is 1. The van der Waals surface area contributed by atoms with Crippen LogP contribution in [0.3, 0.4) is 0 Å². The number of benzene rings is 1. The summed E-state index contributed by atoms with van der Waals surface area (Å²) in [4.78, 5) is 27.5. The van der Waals surface area contributed by atoms with Crippen LogP contribution in [0.25, 0.3) is 21.3 Å². The van der Waals surface area contributed by atoms with Gasteiger partial charge in [0.05, 0.1) is 36.6 Å². The fourth-order valence-corrected chi connectivity index (χ4v) is 6.44. The van der Waals surface area contributed by atoms with Crippen molar-refractivity contribution in [3.05, 3.63) is 34.7 Å². The molecule has 9 heteroatoms. The molecule has 0 saturated carbocycles. The average Bonchev–Trinajstić information content (AvgIpc) is 3.50. The third-order valence-corrected chi connectivity index (χ3v) is 8.13. The molecule has 3 saturated heterocycles. The maximum absolute atomic E-state index is 11.9. The zero-order valence-electron chi connectivity index (χ0n) is 17.5. The lowest BCUT2D eigenvalue weighted by atomic mass is 10.1. The maximum Gasteiger partial charge on any atom is 0.229 e. The van der Waals surface area contributed by atoms with Crippen LogP contribution < -0.4 is 15.5 Å². The zero-order valence-corrected chi connectivity index (χ0v) is 19.1. The fraction of sp³-hybridized carbons (Fsp3) is 0.435. The lowest BCUT2D eigenvalue weighted by Gasteiger charge is -2.35. The Hall–Kier alpha value is -2.42. The molecule has 166 valence electrons. The Morgan fingerprint density at radius 3 is 2.62 bits per heavy atom. The molecule has 3 aromatic rings. The first-order chi connectivity index (χ1) is 15.6. The number of nitrogens with two attached hydrogens (primary N) is 1. The smallest absolute Gasteiger partial charge is 0.229 e. The van der Waals surface area contributed by atoms with E-state index < -0.39 is 0 Å². The number of ether oxygens (including phenoxy) is 1. The monoisotopic (exact) mass is 469 g/mol. The summed E-state index contributed by atoms with van der Waals surface area (Å²) in [6.07, 6.45) is 2.94. The number of primary amides is 1. The van der Waals surface area contributed by atoms with Crippen molar-refractivity contribution < 1.29 is 9.53 Å². The minimum absolute atomic E-state index is 0.162. The van der Waals surface area contributed by atoms with Crippen LogP contribution in [0.1, 0.15) is 19.3 Å². The Morgan fingerprint density at radius 2 is 1.91 bits per heavy atom. The molecule has 0 spiro atoms. The van der Waals surface area contributed by atoms with E-state index in [4.69, 9.17) is 32.0 Å². The Kier molecular flexibility index (Phi) is 4.97. The van der Waals surface area contributed by atoms with Crippen molar-refractivity contribution in [3.63, 3.8) is 0 Å². The van der Waals surface area contributed by atoms with Crippen molar-refractivity contribution in [2.75, 3.05) is 36.1 Å². The Labute approximate surface area is 195 Å². The summed E-state index contributed by atoms with van der Waals surface area (Å²) >= 11 is 8.17. The highest BCUT2D eigenvalue weighted by atomic mass is 35.5. The molecular formula is C23H24ClN5O2S. The molecule has 0 radical (unpaired) electrons. The van der Waals surface area contributed by atoms with Crippen LogP contribution in [0.15, 0.2) is 29.6 Å². The third kappa shape index (κ3) is 3.24. The number of nitrogens with zero attached hydrogens (tertiary/aromatic N) is 4. The molecule has 3 atom stereocenters. The summed E-state index contributed by atoms with van der Waals surface area (Å²) in [5.41, 5.74) is 7.63. The number of halogens is 1. The topological polar surface area (TPSA) is 84.6 Å². The van der Waals surface area contributed by atoms with Crippen molar-refractivity contribution >= 4 is 50.8 Å². The standard InChI is InChI=1S/C23H24ClN5O2S/c24-18-4-2-1-3-16(18)17-12-32-22-19(17)21(28-8-7-13(9-28)20(25)30)26-23(27-22)29-14-5-6-15(29)11-31-10-14/h1-4,12-15H,5-11H2,(H2,25,30). The summed E-state index contributed by atoms with van der Waals surface area (Å²) in [5, 5.41) is 3.81. The number of rotatable bonds is 4. The lowest BCUT2D eigenvalue weighted by molar-refractivity contribution is -0.121. The van der Waals surface area contributed by atoms with Gasteiger partial charge >= 0.3 is 0 Å². The molecule has 1 aromatic carbocycles. The third-order valence-electron chi connectivity index (χ3n) is 6.93. The number of aromatic nitrogens is 2. The minimum Gasteiger partial charge on any atom is -0.377 e. The van der Waals surface area contributed by atoms with E-state index in [-0.39, 0.29) is 11.8 Å². The number of thiophene rings is 1. The second-order valence-corrected chi connectivity index (χ2v) is 10.1. The number of morpholine rings is 1. The van der Waals surface area contributed by atoms with E-state index in [1.165, 1.54) is 0 Å². The molecule has 3 unspecified atom stereocenters. The Bertz CT molecular complexity index is 1180. The van der Waals surface area contributed by atoms with E-state index in [1.807, 2.05) is 24.3 Å². The van der Waals surface area contributed by atoms with Gasteiger partial charge in [0.25, 0.3) is 0 Å². The largest absolute Gasteiger partial charge is 0.377 e. The maximum atomic E-state index is 11.9. The highest BCUT2D eigenvalue weighted by Gasteiger charge is 2.40. The van der Waals surface area contributed by atoms with E-state index in [0.29, 0.717) is 23.7 Å². The molecule has 0 aliphatic carbocycles. The molecule has 3 aliphatic rings. The second-order valence-electron chi connectivity index (χ2n) is 8.82. The van der Waals surface area contributed by atoms with Gasteiger partial charge in [0.1, 0.15) is 10.6 Å². The number of hydrogen-bond acceptors (Lipinski definition) is 7. The molecule has 1 amide bonds. The number of carbonyl (C=O) groups is 1. The van der Waals surface area contributed by atoms with E-state index in [0.717, 1.165) is 72.1 Å². The van der Waals surface area contributed by atoms with Gasteiger partial charge < -0.3 is 20.3 Å². The highest BCUT2D eigenvalue weighted by molar-refractivity contribution is 7.17. The molecule has 5 heterocycles. The van der Waals surface area contributed by atoms with Crippen LogP contribution in [-0.2, 0) is 9.53 Å². The predicted molar refractivity (Wildman–Crippen MR) is 127 cm³/mol. The van der Waals surface area contributed by atoms with Crippen LogP contribution in [0, 0.1) is 5.92 Å². The normalized spacial score (nSPS) is 25.1. The quantitative estimate of drug-likeness (QED) is 0.627. The highest BCUT2D eigenvalue weighted by Crippen LogP contribution is 2.43. The van der Waals surface area contributed by atoms with E-state index >= 15 is 0 Å². The molecule has 3 fully saturated rings. The van der Waals surface area contributed by atoms with Crippen molar-refractivity contribution in [2.24, 2.45) is 11.7 Å². The molecular weight excluding hydrogens is 446 g/mol. The Balaban J connectivity index is 1.52. The van der Waals surface area contributed by atoms with Gasteiger partial charge in [-0.15, -0.1) is 11.3 Å². The zero-order chi connectivity index (χ0) is 21.8. The van der Waals surface area contributed by atoms with Gasteiger partial charge in [-0.3, -0.25) is 4.79 Å². The van der Waals surface area contributed by atoms with Crippen LogP contribution in [0.5, 0.6) is 0 Å². The number of fused-ring (bicyclic) bond motifs is 3. The van der Waals surface area contributed by atoms with Gasteiger partial charge in [0, 0.05) is 34.6 Å². The molecule has 32 heavy (non-hydrogen) atoms. The van der Waals surface area contributed by atoms with E-state index in [1.54, 1.807) is 11.3 Å². The van der Waals surface area contributed by atoms with Crippen LogP contribution >= 0.6 is 22.9 Å². The summed E-state index contributed by atoms with van der Waals surface area (Å²) < 4.78 is 5.77. The van der Waals surface area contributed by atoms with Crippen molar-refractivity contribution in [1.29, 1.82) is 0 Å². The van der Waals surface area contributed by atoms with Gasteiger partial charge in [-0.1, -0.05) is 29.8 Å². The minimum atomic E-state index is -0.249. The van der Waals surface area contributed by atoms with Crippen LogP contribution in [-0.4, -0.2) is 54.3 Å². The number of anilines is 2. The SMILES string of the molecule is NC(=O)C1CCN(c2nc(N3C4CCC3COC4)nc3scc(-c4ccccc4Cl)c23)C1. The lowest BCUT2D eigenvalue weighted by Crippen LogP contribution is -2.46. The van der Waals surface area contributed by atoms with E-state index in [9.17, 15) is 4.79 Å². The fourth-order valence-electron chi connectivity index (χ4n) is 5.27. The number of hydrogen-bond donors (Lipinski definition) is 1. The Morgan fingerprint density at radius 1 is 1.12 bits per heavy atom. The van der Waals surface area contributed by atoms with Gasteiger partial charge in [0.15, 0.2) is 0 Å². The second kappa shape index (κ2) is 7.86. The summed E-state index contributed by atoms with van der Waals surface area (Å²) in [5.74, 6) is 1.22. The summed E-state index contributed by atoms with van der Waals surface area (Å²) in [6.45, 7) is 2.76. The average molecular weight is 470 g/mol. The van der Waals surface area contributed by atoms with Crippen LogP contribution in [0.2, 0.25) is 5.02 Å². The first-order valence-electron chi connectivity index (χ1n) is 11.0. The van der Waals surface area contributed by atoms with Gasteiger partial charge in [0.2, 0.25) is 11.9 Å². The first kappa shape index (κ1) is 20.2. The first-order valence-corrected chi connectivity index (χ1v) is 12.3. The molecule has 7 nitrogen and oxygen atoms in total. The molecule has 3 aliphatic heterocycles. The molecule has 2 aromatic heterocycles. The molecule has 6 rings (SSSR count). The predicted octanol–water partition coefficient (Wildman–Crippen LogP) is 3.69. The van der Waals surface area contributed by atoms with Gasteiger partial charge in [-0.2, -0.15) is 4.98 Å². The van der Waals surface area contributed by atoms with Gasteiger partial charge in [-0.05, 0) is 25.3 Å². The van der Waals surface area contributed by atoms with Crippen molar-refractivity contribution in [2.45, 2.75) is 31.3 Å². The van der Waals surface area contributed by atoms with Crippen molar-refractivity contribution in [3.8, 4) is 11.1 Å². The summed E-state index contributed by atoms with van der Waals surface area (Å²) in [6, 6.07) is 8.49. The molecule has 2 bridgehead atoms. The van der Waals surface area contributed by atoms with Crippen molar-refractivity contribution in [1.82, 2.24) is 9.97 Å².